The number of alkyl halides is 3. The lowest BCUT2D eigenvalue weighted by molar-refractivity contribution is -0.137. The van der Waals surface area contributed by atoms with Crippen LogP contribution in [0.3, 0.4) is 0 Å². The van der Waals surface area contributed by atoms with Gasteiger partial charge in [0, 0.05) is 19.5 Å². The molecule has 3 rings (SSSR count). The molecule has 2 aromatic carbocycles. The number of benzene rings is 2. The van der Waals surface area contributed by atoms with Crippen LogP contribution in [-0.4, -0.2) is 35.8 Å². The van der Waals surface area contributed by atoms with Crippen LogP contribution in [0, 0.1) is 0 Å². The normalized spacial score (nSPS) is 16.1. The Kier molecular flexibility index (Phi) is 6.41. The van der Waals surface area contributed by atoms with Crippen molar-refractivity contribution >= 4 is 11.7 Å². The van der Waals surface area contributed by atoms with E-state index in [-0.39, 0.29) is 25.2 Å². The van der Waals surface area contributed by atoms with Gasteiger partial charge in [0.05, 0.1) is 17.8 Å². The first kappa shape index (κ1) is 20.7. The molecule has 0 radical (unpaired) electrons. The molecule has 1 heterocycles. The van der Waals surface area contributed by atoms with E-state index in [1.807, 2.05) is 30.3 Å². The van der Waals surface area contributed by atoms with Crippen molar-refractivity contribution in [1.82, 2.24) is 10.2 Å². The number of halogens is 3. The van der Waals surface area contributed by atoms with E-state index in [1.165, 1.54) is 11.0 Å². The first-order valence-corrected chi connectivity index (χ1v) is 9.34. The summed E-state index contributed by atoms with van der Waals surface area (Å²) >= 11 is 0. The predicted molar refractivity (Wildman–Crippen MR) is 103 cm³/mol. The number of amides is 2. The number of nitrogens with zero attached hydrogens (tertiary/aromatic N) is 2. The Bertz CT molecular complexity index is 869. The van der Waals surface area contributed by atoms with Gasteiger partial charge in [0.25, 0.3) is 0 Å². The summed E-state index contributed by atoms with van der Waals surface area (Å²) < 4.78 is 39.0. The van der Waals surface area contributed by atoms with E-state index >= 15 is 0 Å². The SMILES string of the molecule is CCNC(=O)N(Cc1cccc(C(F)(F)F)c1)C[C@@H]1CC(c2ccccc2)=NO1. The van der Waals surface area contributed by atoms with Crippen LogP contribution >= 0.6 is 0 Å². The van der Waals surface area contributed by atoms with Crippen LogP contribution in [0.2, 0.25) is 0 Å². The van der Waals surface area contributed by atoms with Crippen molar-refractivity contribution in [2.24, 2.45) is 5.16 Å². The van der Waals surface area contributed by atoms with E-state index in [0.29, 0.717) is 18.5 Å². The zero-order chi connectivity index (χ0) is 20.9. The highest BCUT2D eigenvalue weighted by Crippen LogP contribution is 2.30. The van der Waals surface area contributed by atoms with Gasteiger partial charge in [0.15, 0.2) is 6.10 Å². The summed E-state index contributed by atoms with van der Waals surface area (Å²) in [5.74, 6) is 0. The topological polar surface area (TPSA) is 53.9 Å². The Morgan fingerprint density at radius 3 is 2.66 bits per heavy atom. The minimum Gasteiger partial charge on any atom is -0.390 e. The second kappa shape index (κ2) is 8.98. The van der Waals surface area contributed by atoms with Crippen LogP contribution in [0.1, 0.15) is 30.0 Å². The molecule has 0 unspecified atom stereocenters. The largest absolute Gasteiger partial charge is 0.416 e. The molecule has 29 heavy (non-hydrogen) atoms. The monoisotopic (exact) mass is 405 g/mol. The maximum absolute atomic E-state index is 13.0. The van der Waals surface area contributed by atoms with Crippen molar-refractivity contribution in [2.45, 2.75) is 32.2 Å². The molecular weight excluding hydrogens is 383 g/mol. The van der Waals surface area contributed by atoms with Gasteiger partial charge in [-0.05, 0) is 30.2 Å². The van der Waals surface area contributed by atoms with Gasteiger partial charge in [0.2, 0.25) is 0 Å². The predicted octanol–water partition coefficient (Wildman–Crippen LogP) is 4.43. The van der Waals surface area contributed by atoms with Gasteiger partial charge in [0.1, 0.15) is 0 Å². The summed E-state index contributed by atoms with van der Waals surface area (Å²) in [7, 11) is 0. The van der Waals surface area contributed by atoms with Gasteiger partial charge in [-0.2, -0.15) is 13.2 Å². The molecular formula is C21H22F3N3O2. The lowest BCUT2D eigenvalue weighted by atomic mass is 10.0. The van der Waals surface area contributed by atoms with Gasteiger partial charge in [-0.1, -0.05) is 47.6 Å². The first-order chi connectivity index (χ1) is 13.9. The molecule has 2 aromatic rings. The lowest BCUT2D eigenvalue weighted by Crippen LogP contribution is -2.43. The second-order valence-corrected chi connectivity index (χ2v) is 6.75. The summed E-state index contributed by atoms with van der Waals surface area (Å²) in [6.07, 6.45) is -4.28. The summed E-state index contributed by atoms with van der Waals surface area (Å²) in [5.41, 5.74) is 1.38. The van der Waals surface area contributed by atoms with Crippen molar-refractivity contribution in [3.63, 3.8) is 0 Å². The first-order valence-electron chi connectivity index (χ1n) is 9.34. The molecule has 0 aliphatic carbocycles. The average molecular weight is 405 g/mol. The molecule has 1 aliphatic heterocycles. The highest BCUT2D eigenvalue weighted by molar-refractivity contribution is 6.01. The molecule has 0 saturated heterocycles. The minimum atomic E-state index is -4.43. The van der Waals surface area contributed by atoms with E-state index in [4.69, 9.17) is 4.84 Å². The Morgan fingerprint density at radius 1 is 1.21 bits per heavy atom. The third-order valence-corrected chi connectivity index (χ3v) is 4.51. The number of carbonyl (C=O) groups excluding carboxylic acids is 1. The number of oxime groups is 1. The van der Waals surface area contributed by atoms with Crippen LogP contribution in [-0.2, 0) is 17.6 Å². The minimum absolute atomic E-state index is 0.0380. The summed E-state index contributed by atoms with van der Waals surface area (Å²) in [5, 5.41) is 6.81. The van der Waals surface area contributed by atoms with Crippen LogP contribution < -0.4 is 5.32 Å². The van der Waals surface area contributed by atoms with E-state index in [2.05, 4.69) is 10.5 Å². The molecule has 8 heteroatoms. The Hall–Kier alpha value is -3.03. The highest BCUT2D eigenvalue weighted by Gasteiger charge is 2.31. The van der Waals surface area contributed by atoms with Crippen molar-refractivity contribution < 1.29 is 22.8 Å². The molecule has 1 N–H and O–H groups in total. The molecule has 2 amide bonds. The number of nitrogens with one attached hydrogen (secondary N) is 1. The number of hydrogen-bond acceptors (Lipinski definition) is 3. The Morgan fingerprint density at radius 2 is 1.97 bits per heavy atom. The maximum Gasteiger partial charge on any atom is 0.416 e. The number of hydrogen-bond donors (Lipinski definition) is 1. The van der Waals surface area contributed by atoms with E-state index in [1.54, 1.807) is 13.0 Å². The van der Waals surface area contributed by atoms with Crippen LogP contribution in [0.4, 0.5) is 18.0 Å². The molecule has 0 bridgehead atoms. The summed E-state index contributed by atoms with van der Waals surface area (Å²) in [6.45, 7) is 2.44. The summed E-state index contributed by atoms with van der Waals surface area (Å²) in [6, 6.07) is 14.2. The van der Waals surface area contributed by atoms with Gasteiger partial charge in [-0.25, -0.2) is 4.79 Å². The Labute approximate surface area is 167 Å². The molecule has 0 saturated carbocycles. The fourth-order valence-corrected chi connectivity index (χ4v) is 3.12. The van der Waals surface area contributed by atoms with Gasteiger partial charge in [-0.3, -0.25) is 0 Å². The number of urea groups is 1. The quantitative estimate of drug-likeness (QED) is 0.773. The maximum atomic E-state index is 13.0. The van der Waals surface area contributed by atoms with E-state index in [9.17, 15) is 18.0 Å². The van der Waals surface area contributed by atoms with Crippen molar-refractivity contribution in [2.75, 3.05) is 13.1 Å². The fourth-order valence-electron chi connectivity index (χ4n) is 3.12. The lowest BCUT2D eigenvalue weighted by Gasteiger charge is -2.25. The van der Waals surface area contributed by atoms with Crippen molar-refractivity contribution in [3.05, 3.63) is 71.3 Å². The molecule has 0 spiro atoms. The molecule has 0 fully saturated rings. The van der Waals surface area contributed by atoms with E-state index < -0.39 is 11.7 Å². The zero-order valence-electron chi connectivity index (χ0n) is 15.9. The molecule has 0 aromatic heterocycles. The zero-order valence-corrected chi connectivity index (χ0v) is 15.9. The van der Waals surface area contributed by atoms with Crippen LogP contribution in [0.5, 0.6) is 0 Å². The van der Waals surface area contributed by atoms with Crippen LogP contribution in [0.15, 0.2) is 59.8 Å². The second-order valence-electron chi connectivity index (χ2n) is 6.75. The van der Waals surface area contributed by atoms with Crippen LogP contribution in [0.25, 0.3) is 0 Å². The summed E-state index contributed by atoms with van der Waals surface area (Å²) in [4.78, 5) is 19.4. The van der Waals surface area contributed by atoms with Crippen molar-refractivity contribution in [1.29, 1.82) is 0 Å². The standard InChI is InChI=1S/C21H22F3N3O2/c1-2-25-20(28)27(13-15-7-6-10-17(11-15)21(22,23)24)14-18-12-19(26-29-18)16-8-4-3-5-9-16/h3-11,18H,2,12-14H2,1H3,(H,25,28)/t18-/m0/s1. The third kappa shape index (κ3) is 5.49. The number of rotatable bonds is 6. The van der Waals surface area contributed by atoms with Crippen molar-refractivity contribution in [3.8, 4) is 0 Å². The molecule has 5 nitrogen and oxygen atoms in total. The average Bonchev–Trinajstić information content (AvgIpc) is 3.16. The number of carbonyl (C=O) groups is 1. The fraction of sp³-hybridized carbons (Fsp3) is 0.333. The molecule has 1 atom stereocenters. The van der Waals surface area contributed by atoms with Gasteiger partial charge < -0.3 is 15.1 Å². The third-order valence-electron chi connectivity index (χ3n) is 4.51. The Balaban J connectivity index is 1.70. The smallest absolute Gasteiger partial charge is 0.390 e. The molecule has 1 aliphatic rings. The molecule has 154 valence electrons. The van der Waals surface area contributed by atoms with E-state index in [0.717, 1.165) is 23.4 Å². The highest BCUT2D eigenvalue weighted by atomic mass is 19.4. The van der Waals surface area contributed by atoms with Gasteiger partial charge >= 0.3 is 12.2 Å². The van der Waals surface area contributed by atoms with Gasteiger partial charge in [-0.15, -0.1) is 0 Å².